The van der Waals surface area contributed by atoms with Gasteiger partial charge in [-0.1, -0.05) is 48.0 Å². The van der Waals surface area contributed by atoms with Crippen LogP contribution in [0.15, 0.2) is 59.5 Å². The number of nitriles is 1. The van der Waals surface area contributed by atoms with Gasteiger partial charge in [0.2, 0.25) is 0 Å². The fourth-order valence-electron chi connectivity index (χ4n) is 2.78. The van der Waals surface area contributed by atoms with E-state index in [9.17, 15) is 13.7 Å². The van der Waals surface area contributed by atoms with E-state index in [1.165, 1.54) is 0 Å². The number of rotatable bonds is 3. The topological polar surface area (TPSA) is 57.9 Å². The molecule has 0 radical (unpaired) electrons. The summed E-state index contributed by atoms with van der Waals surface area (Å²) in [7, 11) is -3.46. The summed E-state index contributed by atoms with van der Waals surface area (Å²) in [5.74, 6) is -0.679. The zero-order chi connectivity index (χ0) is 15.0. The van der Waals surface area contributed by atoms with Crippen molar-refractivity contribution in [1.82, 2.24) is 0 Å². The van der Waals surface area contributed by atoms with Crippen LogP contribution < -0.4 is 0 Å². The summed E-state index contributed by atoms with van der Waals surface area (Å²) in [4.78, 5) is 0.303. The van der Waals surface area contributed by atoms with Gasteiger partial charge in [0.15, 0.2) is 9.84 Å². The van der Waals surface area contributed by atoms with Crippen LogP contribution in [0.2, 0.25) is 0 Å². The minimum absolute atomic E-state index is 0.220. The maximum Gasteiger partial charge on any atom is 0.183 e. The van der Waals surface area contributed by atoms with Gasteiger partial charge in [0.1, 0.15) is 0 Å². The number of nitrogens with zero attached hydrogens (tertiary/aromatic N) is 1. The third kappa shape index (κ3) is 2.34. The molecule has 2 aromatic rings. The first kappa shape index (κ1) is 13.8. The molecule has 3 nitrogen and oxygen atoms in total. The van der Waals surface area contributed by atoms with Gasteiger partial charge in [0, 0.05) is 5.92 Å². The lowest BCUT2D eigenvalue weighted by atomic mass is 10.1. The van der Waals surface area contributed by atoms with E-state index >= 15 is 0 Å². The summed E-state index contributed by atoms with van der Waals surface area (Å²) in [5, 5.41) is 8.62. The van der Waals surface area contributed by atoms with Crippen LogP contribution in [0.5, 0.6) is 0 Å². The monoisotopic (exact) mass is 297 g/mol. The maximum absolute atomic E-state index is 12.7. The van der Waals surface area contributed by atoms with E-state index in [0.29, 0.717) is 4.90 Å². The van der Waals surface area contributed by atoms with Crippen molar-refractivity contribution >= 4 is 9.84 Å². The summed E-state index contributed by atoms with van der Waals surface area (Å²) in [6.07, 6.45) is 0. The second-order valence-corrected chi connectivity index (χ2v) is 7.52. The summed E-state index contributed by atoms with van der Waals surface area (Å²) in [6, 6.07) is 18.4. The lowest BCUT2D eigenvalue weighted by molar-refractivity contribution is 0.593. The highest BCUT2D eigenvalue weighted by Gasteiger charge is 2.59. The fourth-order valence-corrected chi connectivity index (χ4v) is 4.85. The van der Waals surface area contributed by atoms with Crippen LogP contribution in [0.3, 0.4) is 0 Å². The molecule has 0 N–H and O–H groups in total. The van der Waals surface area contributed by atoms with Crippen molar-refractivity contribution in [2.45, 2.75) is 23.0 Å². The predicted octanol–water partition coefficient (Wildman–Crippen LogP) is 3.07. The second kappa shape index (κ2) is 5.01. The second-order valence-electron chi connectivity index (χ2n) is 5.41. The van der Waals surface area contributed by atoms with Crippen molar-refractivity contribution < 1.29 is 8.42 Å². The molecular weight excluding hydrogens is 282 g/mol. The van der Waals surface area contributed by atoms with E-state index in [2.05, 4.69) is 6.07 Å². The molecule has 1 aliphatic carbocycles. The summed E-state index contributed by atoms with van der Waals surface area (Å²) >= 11 is 0. The molecule has 1 aliphatic rings. The fraction of sp³-hybridized carbons (Fsp3) is 0.235. The van der Waals surface area contributed by atoms with E-state index in [-0.39, 0.29) is 5.92 Å². The SMILES string of the molecule is Cc1ccc(S(=O)(=O)[C@@H]2[C@H](C#N)[C@@H]2c2ccccc2)cc1. The zero-order valence-corrected chi connectivity index (χ0v) is 12.4. The Labute approximate surface area is 124 Å². The zero-order valence-electron chi connectivity index (χ0n) is 11.6. The first-order valence-corrected chi connectivity index (χ1v) is 8.35. The van der Waals surface area contributed by atoms with Crippen LogP contribution in [0, 0.1) is 24.2 Å². The van der Waals surface area contributed by atoms with Crippen molar-refractivity contribution in [3.63, 3.8) is 0 Å². The van der Waals surface area contributed by atoms with Gasteiger partial charge >= 0.3 is 0 Å². The number of sulfone groups is 1. The van der Waals surface area contributed by atoms with Crippen molar-refractivity contribution in [3.05, 3.63) is 65.7 Å². The smallest absolute Gasteiger partial charge is 0.183 e. The average Bonchev–Trinajstić information content (AvgIpc) is 3.24. The van der Waals surface area contributed by atoms with E-state index in [0.717, 1.165) is 11.1 Å². The van der Waals surface area contributed by atoms with Crippen LogP contribution in [0.25, 0.3) is 0 Å². The number of aryl methyl sites for hydroxylation is 1. The normalized spacial score (nSPS) is 24.3. The molecule has 0 aliphatic heterocycles. The van der Waals surface area contributed by atoms with Crippen LogP contribution in [0.1, 0.15) is 17.0 Å². The molecular formula is C17H15NO2S. The van der Waals surface area contributed by atoms with Gasteiger partial charge in [-0.3, -0.25) is 0 Å². The van der Waals surface area contributed by atoms with Gasteiger partial charge in [-0.05, 0) is 24.6 Å². The summed E-state index contributed by atoms with van der Waals surface area (Å²) < 4.78 is 25.4. The van der Waals surface area contributed by atoms with Crippen molar-refractivity contribution in [2.75, 3.05) is 0 Å². The molecule has 0 heterocycles. The molecule has 0 bridgehead atoms. The molecule has 0 spiro atoms. The molecule has 4 heteroatoms. The van der Waals surface area contributed by atoms with Crippen LogP contribution in [-0.4, -0.2) is 13.7 Å². The highest BCUT2D eigenvalue weighted by atomic mass is 32.2. The van der Waals surface area contributed by atoms with Crippen molar-refractivity contribution in [1.29, 1.82) is 5.26 Å². The van der Waals surface area contributed by atoms with Gasteiger partial charge in [-0.15, -0.1) is 0 Å². The van der Waals surface area contributed by atoms with Crippen molar-refractivity contribution in [2.24, 2.45) is 5.92 Å². The Morgan fingerprint density at radius 3 is 2.19 bits per heavy atom. The summed E-state index contributed by atoms with van der Waals surface area (Å²) in [5.41, 5.74) is 1.94. The Hall–Kier alpha value is -2.12. The number of benzene rings is 2. The molecule has 21 heavy (non-hydrogen) atoms. The van der Waals surface area contributed by atoms with Gasteiger partial charge in [0.25, 0.3) is 0 Å². The highest BCUT2D eigenvalue weighted by molar-refractivity contribution is 7.92. The Morgan fingerprint density at radius 1 is 1.00 bits per heavy atom. The average molecular weight is 297 g/mol. The number of hydrogen-bond donors (Lipinski definition) is 0. The maximum atomic E-state index is 12.7. The third-order valence-electron chi connectivity index (χ3n) is 4.00. The van der Waals surface area contributed by atoms with E-state index in [4.69, 9.17) is 0 Å². The molecule has 1 saturated carbocycles. The Kier molecular flexibility index (Phi) is 3.30. The van der Waals surface area contributed by atoms with E-state index in [1.54, 1.807) is 24.3 Å². The molecule has 2 aromatic carbocycles. The lowest BCUT2D eigenvalue weighted by Crippen LogP contribution is -2.10. The molecule has 0 aromatic heterocycles. The molecule has 0 unspecified atom stereocenters. The van der Waals surface area contributed by atoms with Crippen molar-refractivity contribution in [3.8, 4) is 6.07 Å². The largest absolute Gasteiger partial charge is 0.223 e. The molecule has 1 fully saturated rings. The van der Waals surface area contributed by atoms with Gasteiger partial charge in [-0.25, -0.2) is 8.42 Å². The minimum atomic E-state index is -3.46. The Bertz CT molecular complexity index is 789. The third-order valence-corrected chi connectivity index (χ3v) is 6.23. The highest BCUT2D eigenvalue weighted by Crippen LogP contribution is 2.53. The first-order valence-electron chi connectivity index (χ1n) is 6.81. The number of hydrogen-bond acceptors (Lipinski definition) is 3. The minimum Gasteiger partial charge on any atom is -0.223 e. The lowest BCUT2D eigenvalue weighted by Gasteiger charge is -2.04. The van der Waals surface area contributed by atoms with Gasteiger partial charge in [0.05, 0.1) is 22.1 Å². The van der Waals surface area contributed by atoms with Crippen LogP contribution in [-0.2, 0) is 9.84 Å². The van der Waals surface area contributed by atoms with Crippen LogP contribution in [0.4, 0.5) is 0 Å². The molecule has 0 saturated heterocycles. The molecule has 0 amide bonds. The van der Waals surface area contributed by atoms with E-state index < -0.39 is 21.0 Å². The van der Waals surface area contributed by atoms with Gasteiger partial charge < -0.3 is 0 Å². The predicted molar refractivity (Wildman–Crippen MR) is 80.4 cm³/mol. The summed E-state index contributed by atoms with van der Waals surface area (Å²) in [6.45, 7) is 1.92. The Balaban J connectivity index is 1.97. The standard InChI is InChI=1S/C17H15NO2S/c1-12-7-9-14(10-8-12)21(19,20)17-15(11-18)16(17)13-5-3-2-4-6-13/h2-10,15-17H,1H3/t15-,16+,17-/m1/s1. The van der Waals surface area contributed by atoms with E-state index in [1.807, 2.05) is 37.3 Å². The van der Waals surface area contributed by atoms with Crippen LogP contribution >= 0.6 is 0 Å². The quantitative estimate of drug-likeness (QED) is 0.874. The molecule has 3 atom stereocenters. The Morgan fingerprint density at radius 2 is 1.62 bits per heavy atom. The van der Waals surface area contributed by atoms with Gasteiger partial charge in [-0.2, -0.15) is 5.26 Å². The first-order chi connectivity index (χ1) is 10.1. The molecule has 106 valence electrons. The molecule has 3 rings (SSSR count).